The van der Waals surface area contributed by atoms with Crippen molar-refractivity contribution >= 4 is 0 Å². The summed E-state index contributed by atoms with van der Waals surface area (Å²) < 4.78 is 58.1. The molecule has 2 nitrogen and oxygen atoms in total. The first-order valence-corrected chi connectivity index (χ1v) is 5.42. The Hall–Kier alpha value is -1.30. The lowest BCUT2D eigenvalue weighted by Gasteiger charge is -2.09. The van der Waals surface area contributed by atoms with Gasteiger partial charge in [-0.25, -0.2) is 4.39 Å². The summed E-state index contributed by atoms with van der Waals surface area (Å²) in [5.41, 5.74) is 0.459. The Balaban J connectivity index is 2.20. The molecule has 0 fully saturated rings. The maximum Gasteiger partial charge on any atom is 0.411 e. The smallest absolute Gasteiger partial charge is 0.411 e. The van der Waals surface area contributed by atoms with Gasteiger partial charge in [0.2, 0.25) is 0 Å². The van der Waals surface area contributed by atoms with Crippen molar-refractivity contribution in [2.75, 3.05) is 19.8 Å². The van der Waals surface area contributed by atoms with Crippen LogP contribution in [0.3, 0.4) is 0 Å². The van der Waals surface area contributed by atoms with Gasteiger partial charge in [0.05, 0.1) is 13.2 Å². The van der Waals surface area contributed by atoms with Crippen LogP contribution < -0.4 is 4.74 Å². The van der Waals surface area contributed by atoms with Crippen LogP contribution in [0.2, 0.25) is 0 Å². The number of hydrogen-bond acceptors (Lipinski definition) is 2. The van der Waals surface area contributed by atoms with E-state index >= 15 is 0 Å². The number of benzene rings is 1. The van der Waals surface area contributed by atoms with Crippen LogP contribution in [-0.2, 0) is 4.74 Å². The lowest BCUT2D eigenvalue weighted by atomic mass is 10.2. The van der Waals surface area contributed by atoms with Gasteiger partial charge < -0.3 is 9.47 Å². The number of rotatable bonds is 6. The van der Waals surface area contributed by atoms with Gasteiger partial charge in [-0.05, 0) is 18.6 Å². The van der Waals surface area contributed by atoms with E-state index in [4.69, 9.17) is 4.74 Å². The predicted molar refractivity (Wildman–Crippen MR) is 58.1 cm³/mol. The normalized spacial score (nSPS) is 11.6. The Labute approximate surface area is 103 Å². The van der Waals surface area contributed by atoms with E-state index in [1.54, 1.807) is 19.1 Å². The van der Waals surface area contributed by atoms with E-state index in [2.05, 4.69) is 4.74 Å². The second-order valence-corrected chi connectivity index (χ2v) is 3.76. The highest BCUT2D eigenvalue weighted by Gasteiger charge is 2.27. The fourth-order valence-electron chi connectivity index (χ4n) is 1.26. The number of alkyl halides is 3. The fourth-order valence-corrected chi connectivity index (χ4v) is 1.26. The Morgan fingerprint density at radius 2 is 1.89 bits per heavy atom. The molecule has 0 aliphatic rings. The minimum absolute atomic E-state index is 0.0764. The molecule has 0 saturated carbocycles. The first kappa shape index (κ1) is 14.8. The average molecular weight is 266 g/mol. The van der Waals surface area contributed by atoms with Crippen molar-refractivity contribution in [1.29, 1.82) is 0 Å². The van der Waals surface area contributed by atoms with Gasteiger partial charge in [0, 0.05) is 6.42 Å². The molecule has 6 heteroatoms. The number of aryl methyl sites for hydroxylation is 1. The topological polar surface area (TPSA) is 18.5 Å². The van der Waals surface area contributed by atoms with Crippen LogP contribution in [0, 0.1) is 12.7 Å². The molecule has 0 N–H and O–H groups in total. The lowest BCUT2D eigenvalue weighted by molar-refractivity contribution is -0.174. The van der Waals surface area contributed by atoms with Gasteiger partial charge in [-0.2, -0.15) is 13.2 Å². The van der Waals surface area contributed by atoms with E-state index in [1.807, 2.05) is 0 Å². The van der Waals surface area contributed by atoms with Crippen molar-refractivity contribution < 1.29 is 27.0 Å². The van der Waals surface area contributed by atoms with E-state index < -0.39 is 18.6 Å². The third-order valence-electron chi connectivity index (χ3n) is 2.11. The molecule has 0 spiro atoms. The predicted octanol–water partition coefficient (Wildman–Crippen LogP) is 3.48. The fraction of sp³-hybridized carbons (Fsp3) is 0.500. The summed E-state index contributed by atoms with van der Waals surface area (Å²) in [4.78, 5) is 0. The summed E-state index contributed by atoms with van der Waals surface area (Å²) in [5, 5.41) is 0. The molecule has 0 aromatic heterocycles. The highest BCUT2D eigenvalue weighted by molar-refractivity contribution is 5.29. The highest BCUT2D eigenvalue weighted by Crippen LogP contribution is 2.19. The summed E-state index contributed by atoms with van der Waals surface area (Å²) >= 11 is 0. The maximum atomic E-state index is 13.4. The maximum absolute atomic E-state index is 13.4. The molecule has 1 aromatic rings. The Morgan fingerprint density at radius 3 is 2.56 bits per heavy atom. The Bertz CT molecular complexity index is 377. The minimum Gasteiger partial charge on any atom is -0.490 e. The van der Waals surface area contributed by atoms with Crippen LogP contribution >= 0.6 is 0 Å². The number of ether oxygens (including phenoxy) is 2. The minimum atomic E-state index is -4.32. The molecule has 0 radical (unpaired) electrons. The molecular weight excluding hydrogens is 252 g/mol. The SMILES string of the molecule is Cc1cccc(OCCCOCC(F)(F)F)c1F. The van der Waals surface area contributed by atoms with E-state index in [-0.39, 0.29) is 25.4 Å². The first-order valence-electron chi connectivity index (χ1n) is 5.42. The van der Waals surface area contributed by atoms with Gasteiger partial charge in [-0.1, -0.05) is 12.1 Å². The van der Waals surface area contributed by atoms with Crippen LogP contribution in [0.1, 0.15) is 12.0 Å². The highest BCUT2D eigenvalue weighted by atomic mass is 19.4. The molecule has 0 unspecified atom stereocenters. The molecule has 0 heterocycles. The van der Waals surface area contributed by atoms with Gasteiger partial charge in [0.15, 0.2) is 11.6 Å². The van der Waals surface area contributed by atoms with Crippen molar-refractivity contribution in [3.05, 3.63) is 29.6 Å². The van der Waals surface area contributed by atoms with E-state index in [0.29, 0.717) is 5.56 Å². The zero-order valence-corrected chi connectivity index (χ0v) is 9.89. The van der Waals surface area contributed by atoms with E-state index in [1.165, 1.54) is 6.07 Å². The quantitative estimate of drug-likeness (QED) is 0.579. The van der Waals surface area contributed by atoms with Gasteiger partial charge in [0.1, 0.15) is 6.61 Å². The van der Waals surface area contributed by atoms with Crippen LogP contribution in [0.15, 0.2) is 18.2 Å². The molecule has 0 saturated heterocycles. The molecule has 0 aliphatic carbocycles. The lowest BCUT2D eigenvalue weighted by Crippen LogP contribution is -2.18. The van der Waals surface area contributed by atoms with Crippen molar-refractivity contribution in [2.45, 2.75) is 19.5 Å². The zero-order chi connectivity index (χ0) is 13.6. The molecular formula is C12H14F4O2. The standard InChI is InChI=1S/C12H14F4O2/c1-9-4-2-5-10(11(9)13)18-7-3-6-17-8-12(14,15)16/h2,4-5H,3,6-8H2,1H3. The molecule has 0 atom stereocenters. The number of hydrogen-bond donors (Lipinski definition) is 0. The summed E-state index contributed by atoms with van der Waals surface area (Å²) in [5.74, 6) is -0.348. The Morgan fingerprint density at radius 1 is 1.17 bits per heavy atom. The molecule has 1 aromatic carbocycles. The van der Waals surface area contributed by atoms with Crippen molar-refractivity contribution in [3.63, 3.8) is 0 Å². The van der Waals surface area contributed by atoms with Gasteiger partial charge >= 0.3 is 6.18 Å². The monoisotopic (exact) mass is 266 g/mol. The summed E-state index contributed by atoms with van der Waals surface area (Å²) in [6, 6.07) is 4.72. The number of halogens is 4. The molecule has 1 rings (SSSR count). The first-order chi connectivity index (χ1) is 8.40. The zero-order valence-electron chi connectivity index (χ0n) is 9.89. The van der Waals surface area contributed by atoms with Crippen molar-refractivity contribution in [1.82, 2.24) is 0 Å². The largest absolute Gasteiger partial charge is 0.490 e. The van der Waals surface area contributed by atoms with Gasteiger partial charge in [-0.3, -0.25) is 0 Å². The molecule has 0 aliphatic heterocycles. The molecule has 102 valence electrons. The van der Waals surface area contributed by atoms with Crippen molar-refractivity contribution in [2.24, 2.45) is 0 Å². The summed E-state index contributed by atoms with van der Waals surface area (Å²) in [6.45, 7) is 0.367. The average Bonchev–Trinajstić information content (AvgIpc) is 2.27. The van der Waals surface area contributed by atoms with Gasteiger partial charge in [-0.15, -0.1) is 0 Å². The molecule has 0 amide bonds. The van der Waals surface area contributed by atoms with E-state index in [0.717, 1.165) is 0 Å². The molecule has 18 heavy (non-hydrogen) atoms. The Kier molecular flexibility index (Phi) is 5.40. The second kappa shape index (κ2) is 6.58. The van der Waals surface area contributed by atoms with Crippen LogP contribution in [0.5, 0.6) is 5.75 Å². The van der Waals surface area contributed by atoms with E-state index in [9.17, 15) is 17.6 Å². The summed E-state index contributed by atoms with van der Waals surface area (Å²) in [7, 11) is 0. The third kappa shape index (κ3) is 5.35. The second-order valence-electron chi connectivity index (χ2n) is 3.76. The van der Waals surface area contributed by atoms with Crippen molar-refractivity contribution in [3.8, 4) is 5.75 Å². The van der Waals surface area contributed by atoms with Crippen LogP contribution in [-0.4, -0.2) is 26.0 Å². The summed E-state index contributed by atoms with van der Waals surface area (Å²) in [6.07, 6.45) is -4.05. The van der Waals surface area contributed by atoms with Gasteiger partial charge in [0.25, 0.3) is 0 Å². The third-order valence-corrected chi connectivity index (χ3v) is 2.11. The van der Waals surface area contributed by atoms with Crippen LogP contribution in [0.4, 0.5) is 17.6 Å². The van der Waals surface area contributed by atoms with Crippen LogP contribution in [0.25, 0.3) is 0 Å². The molecule has 0 bridgehead atoms.